The molecule has 1 heterocycles. The van der Waals surface area contributed by atoms with Gasteiger partial charge < -0.3 is 9.64 Å². The van der Waals surface area contributed by atoms with Crippen LogP contribution in [0.4, 0.5) is 0 Å². The van der Waals surface area contributed by atoms with Crippen LogP contribution < -0.4 is 4.90 Å². The van der Waals surface area contributed by atoms with Crippen LogP contribution >= 0.6 is 0 Å². The van der Waals surface area contributed by atoms with E-state index in [-0.39, 0.29) is 0 Å². The Labute approximate surface area is 69.5 Å². The number of ether oxygens (including phenoxy) is 1. The average molecular weight is 157 g/mol. The molecule has 1 N–H and O–H groups in total. The molecule has 0 aromatic rings. The number of likely N-dealkylation sites (tertiary alicyclic amines) is 1. The SMILES string of the molecule is [CH2-][NH+]1CCC[C@@H](OC(C)C)C1. The van der Waals surface area contributed by atoms with E-state index in [4.69, 9.17) is 4.74 Å². The van der Waals surface area contributed by atoms with Crippen LogP contribution in [0.5, 0.6) is 0 Å². The molecule has 0 aromatic heterocycles. The molecule has 1 unspecified atom stereocenters. The van der Waals surface area contributed by atoms with Crippen LogP contribution in [0.1, 0.15) is 26.7 Å². The van der Waals surface area contributed by atoms with Gasteiger partial charge in [0.2, 0.25) is 0 Å². The summed E-state index contributed by atoms with van der Waals surface area (Å²) in [6.45, 7) is 6.48. The number of hydrogen-bond donors (Lipinski definition) is 1. The quantitative estimate of drug-likeness (QED) is 0.567. The summed E-state index contributed by atoms with van der Waals surface area (Å²) < 4.78 is 5.70. The first-order chi connectivity index (χ1) is 5.18. The molecule has 0 amide bonds. The van der Waals surface area contributed by atoms with Crippen molar-refractivity contribution in [2.24, 2.45) is 0 Å². The molecule has 0 radical (unpaired) electrons. The second kappa shape index (κ2) is 4.07. The van der Waals surface area contributed by atoms with Gasteiger partial charge in [-0.05, 0) is 26.7 Å². The van der Waals surface area contributed by atoms with Crippen molar-refractivity contribution in [2.75, 3.05) is 13.1 Å². The van der Waals surface area contributed by atoms with Crippen LogP contribution in [-0.4, -0.2) is 25.3 Å². The summed E-state index contributed by atoms with van der Waals surface area (Å²) in [6, 6.07) is 0. The van der Waals surface area contributed by atoms with Crippen molar-refractivity contribution in [3.8, 4) is 0 Å². The maximum absolute atomic E-state index is 5.70. The number of piperidine rings is 1. The van der Waals surface area contributed by atoms with E-state index in [9.17, 15) is 0 Å². The highest BCUT2D eigenvalue weighted by Crippen LogP contribution is 2.05. The minimum atomic E-state index is 0.367. The molecular formula is C9H19NO. The van der Waals surface area contributed by atoms with Gasteiger partial charge in [0.1, 0.15) is 6.10 Å². The Hall–Kier alpha value is -0.0800. The van der Waals surface area contributed by atoms with E-state index in [1.807, 2.05) is 0 Å². The van der Waals surface area contributed by atoms with Crippen molar-refractivity contribution >= 4 is 0 Å². The van der Waals surface area contributed by atoms with E-state index in [2.05, 4.69) is 20.9 Å². The molecule has 1 aliphatic heterocycles. The first kappa shape index (κ1) is 9.01. The fraction of sp³-hybridized carbons (Fsp3) is 0.889. The average Bonchev–Trinajstić information content (AvgIpc) is 1.85. The predicted octanol–water partition coefficient (Wildman–Crippen LogP) is 0.250. The zero-order valence-corrected chi connectivity index (χ0v) is 7.60. The fourth-order valence-electron chi connectivity index (χ4n) is 1.61. The van der Waals surface area contributed by atoms with Gasteiger partial charge in [0.05, 0.1) is 19.2 Å². The molecule has 0 bridgehead atoms. The molecule has 11 heavy (non-hydrogen) atoms. The molecule has 0 aliphatic carbocycles. The summed E-state index contributed by atoms with van der Waals surface area (Å²) >= 11 is 0. The third kappa shape index (κ3) is 3.21. The Bertz CT molecular complexity index is 112. The minimum absolute atomic E-state index is 0.367. The fourth-order valence-corrected chi connectivity index (χ4v) is 1.61. The lowest BCUT2D eigenvalue weighted by molar-refractivity contribution is -0.863. The summed E-state index contributed by atoms with van der Waals surface area (Å²) in [5, 5.41) is 0. The summed E-state index contributed by atoms with van der Waals surface area (Å²) in [5.41, 5.74) is 0. The summed E-state index contributed by atoms with van der Waals surface area (Å²) in [7, 11) is 3.99. The molecule has 66 valence electrons. The molecule has 0 spiro atoms. The molecule has 2 nitrogen and oxygen atoms in total. The maximum atomic E-state index is 5.70. The van der Waals surface area contributed by atoms with Gasteiger partial charge in [-0.15, -0.1) is 0 Å². The maximum Gasteiger partial charge on any atom is 0.105 e. The first-order valence-corrected chi connectivity index (χ1v) is 4.50. The summed E-state index contributed by atoms with van der Waals surface area (Å²) in [5.74, 6) is 0. The van der Waals surface area contributed by atoms with E-state index in [0.29, 0.717) is 12.2 Å². The Morgan fingerprint density at radius 2 is 2.27 bits per heavy atom. The van der Waals surface area contributed by atoms with E-state index in [1.54, 1.807) is 0 Å². The largest absolute Gasteiger partial charge is 0.466 e. The van der Waals surface area contributed by atoms with Crippen molar-refractivity contribution < 1.29 is 9.64 Å². The molecule has 1 aliphatic rings. The Morgan fingerprint density at radius 1 is 1.55 bits per heavy atom. The van der Waals surface area contributed by atoms with Gasteiger partial charge in [0.15, 0.2) is 0 Å². The highest BCUT2D eigenvalue weighted by atomic mass is 16.5. The van der Waals surface area contributed by atoms with Crippen molar-refractivity contribution in [1.82, 2.24) is 0 Å². The zero-order chi connectivity index (χ0) is 8.27. The smallest absolute Gasteiger partial charge is 0.105 e. The normalized spacial score (nSPS) is 32.7. The van der Waals surface area contributed by atoms with Gasteiger partial charge in [-0.2, -0.15) is 7.05 Å². The van der Waals surface area contributed by atoms with E-state index in [1.165, 1.54) is 24.3 Å². The zero-order valence-electron chi connectivity index (χ0n) is 7.60. The van der Waals surface area contributed by atoms with Crippen LogP contribution in [0.25, 0.3) is 0 Å². The van der Waals surface area contributed by atoms with Crippen LogP contribution in [0.2, 0.25) is 0 Å². The third-order valence-corrected chi connectivity index (χ3v) is 2.04. The molecular weight excluding hydrogens is 138 g/mol. The van der Waals surface area contributed by atoms with E-state index in [0.717, 1.165) is 6.54 Å². The monoisotopic (exact) mass is 157 g/mol. The lowest BCUT2D eigenvalue weighted by Crippen LogP contribution is -3.09. The van der Waals surface area contributed by atoms with Crippen molar-refractivity contribution in [2.45, 2.75) is 38.9 Å². The summed E-state index contributed by atoms with van der Waals surface area (Å²) in [6.07, 6.45) is 3.30. The Balaban J connectivity index is 2.23. The van der Waals surface area contributed by atoms with Gasteiger partial charge in [-0.1, -0.05) is 0 Å². The van der Waals surface area contributed by atoms with Crippen LogP contribution in [-0.2, 0) is 4.74 Å². The Kier molecular flexibility index (Phi) is 3.34. The number of quaternary nitrogens is 1. The van der Waals surface area contributed by atoms with Gasteiger partial charge in [0, 0.05) is 0 Å². The number of rotatable bonds is 2. The van der Waals surface area contributed by atoms with Gasteiger partial charge in [-0.25, -0.2) is 0 Å². The van der Waals surface area contributed by atoms with Crippen LogP contribution in [0.3, 0.4) is 0 Å². The second-order valence-electron chi connectivity index (χ2n) is 3.65. The highest BCUT2D eigenvalue weighted by Gasteiger charge is 2.18. The van der Waals surface area contributed by atoms with Crippen LogP contribution in [0.15, 0.2) is 0 Å². The van der Waals surface area contributed by atoms with Crippen LogP contribution in [0, 0.1) is 7.05 Å². The minimum Gasteiger partial charge on any atom is -0.466 e. The molecule has 1 rings (SSSR count). The molecule has 1 fully saturated rings. The topological polar surface area (TPSA) is 13.7 Å². The predicted molar refractivity (Wildman–Crippen MR) is 45.3 cm³/mol. The van der Waals surface area contributed by atoms with Crippen molar-refractivity contribution in [3.63, 3.8) is 0 Å². The molecule has 2 atom stereocenters. The first-order valence-electron chi connectivity index (χ1n) is 4.50. The van der Waals surface area contributed by atoms with E-state index >= 15 is 0 Å². The lowest BCUT2D eigenvalue weighted by Gasteiger charge is -2.32. The lowest BCUT2D eigenvalue weighted by atomic mass is 10.1. The number of nitrogens with one attached hydrogen (secondary N) is 1. The molecule has 0 saturated carbocycles. The highest BCUT2D eigenvalue weighted by molar-refractivity contribution is 4.61. The van der Waals surface area contributed by atoms with Gasteiger partial charge >= 0.3 is 0 Å². The molecule has 2 heteroatoms. The van der Waals surface area contributed by atoms with Crippen molar-refractivity contribution in [3.05, 3.63) is 7.05 Å². The second-order valence-corrected chi connectivity index (χ2v) is 3.65. The Morgan fingerprint density at radius 3 is 2.82 bits per heavy atom. The van der Waals surface area contributed by atoms with E-state index < -0.39 is 0 Å². The standard InChI is InChI=1S/C9H19NO/c1-8(2)11-9-5-4-6-10(3)7-9/h8-10H,3-7H2,1-2H3/t9-/m1/s1. The van der Waals surface area contributed by atoms with Gasteiger partial charge in [0.25, 0.3) is 0 Å². The van der Waals surface area contributed by atoms with Crippen molar-refractivity contribution in [1.29, 1.82) is 0 Å². The molecule has 0 aromatic carbocycles. The summed E-state index contributed by atoms with van der Waals surface area (Å²) in [4.78, 5) is 1.36. The number of hydrogen-bond acceptors (Lipinski definition) is 1. The van der Waals surface area contributed by atoms with Gasteiger partial charge in [-0.3, -0.25) is 0 Å². The molecule has 1 saturated heterocycles. The third-order valence-electron chi connectivity index (χ3n) is 2.04.